The molecule has 1 atom stereocenters. The average Bonchev–Trinajstić information content (AvgIpc) is 3.87. The molecule has 0 aliphatic carbocycles. The first-order valence-corrected chi connectivity index (χ1v) is 19.4. The Hall–Kier alpha value is -6.70. The van der Waals surface area contributed by atoms with Gasteiger partial charge in [0.25, 0.3) is 0 Å². The predicted octanol–water partition coefficient (Wildman–Crippen LogP) is 13.2. The number of nitriles is 2. The highest BCUT2D eigenvalue weighted by molar-refractivity contribution is 8.00. The van der Waals surface area contributed by atoms with E-state index in [1.54, 1.807) is 17.4 Å². The molecule has 8 aromatic carbocycles. The highest BCUT2D eigenvalue weighted by Gasteiger charge is 2.25. The molecule has 54 heavy (non-hydrogen) atoms. The summed E-state index contributed by atoms with van der Waals surface area (Å²) in [5.41, 5.74) is 11.5. The number of aromatic nitrogens is 1. The molecule has 9 aromatic rings. The number of benzene rings is 8. The Balaban J connectivity index is 1.17. The minimum absolute atomic E-state index is 0.103. The smallest absolute Gasteiger partial charge is 0.125 e. The third-order valence-electron chi connectivity index (χ3n) is 10.3. The number of para-hydroxylation sites is 2. The van der Waals surface area contributed by atoms with E-state index in [0.717, 1.165) is 60.2 Å². The fraction of sp³-hybridized carbons (Fsp3) is 0.0208. The fourth-order valence-electron chi connectivity index (χ4n) is 7.67. The van der Waals surface area contributed by atoms with Crippen molar-refractivity contribution in [3.63, 3.8) is 0 Å². The number of anilines is 1. The Morgan fingerprint density at radius 2 is 1.13 bits per heavy atom. The largest absolute Gasteiger partial charge is 0.368 e. The lowest BCUT2D eigenvalue weighted by molar-refractivity contribution is 1.15. The number of fused-ring (bicyclic) bond motifs is 4. The molecule has 1 aromatic heterocycles. The summed E-state index contributed by atoms with van der Waals surface area (Å²) in [4.78, 5) is 6.27. The second kappa shape index (κ2) is 13.1. The molecule has 0 radical (unpaired) electrons. The predicted molar refractivity (Wildman–Crippen MR) is 224 cm³/mol. The van der Waals surface area contributed by atoms with Gasteiger partial charge in [0, 0.05) is 16.1 Å². The normalized spacial score (nSPS) is 13.4. The molecule has 0 spiro atoms. The van der Waals surface area contributed by atoms with E-state index in [1.807, 2.05) is 30.0 Å². The van der Waals surface area contributed by atoms with Crippen LogP contribution in [0.2, 0.25) is 0 Å². The van der Waals surface area contributed by atoms with E-state index in [-0.39, 0.29) is 5.37 Å². The zero-order valence-electron chi connectivity index (χ0n) is 28.7. The zero-order chi connectivity index (χ0) is 36.2. The van der Waals surface area contributed by atoms with Gasteiger partial charge < -0.3 is 5.32 Å². The Kier molecular flexibility index (Phi) is 7.74. The van der Waals surface area contributed by atoms with Crippen molar-refractivity contribution in [2.75, 3.05) is 5.32 Å². The standard InChI is InChI=1S/C48H28N4S2/c49-27-30-18-17-29(23-34(30)28-50)31-24-32(35-19-21-41(39-11-3-1-9-37(35)39)47-51-43-13-5-7-15-45(43)53-47)26-33(25-31)36-20-22-42(40-12-4-2-10-38(36)40)48-52-44-14-6-8-16-46(44)54-48/h1-26,47,51H. The van der Waals surface area contributed by atoms with Gasteiger partial charge in [0.1, 0.15) is 22.5 Å². The molecular formula is C48H28N4S2. The number of thioether (sulfide) groups is 1. The van der Waals surface area contributed by atoms with Crippen LogP contribution in [0.4, 0.5) is 5.69 Å². The minimum Gasteiger partial charge on any atom is -0.368 e. The van der Waals surface area contributed by atoms with E-state index in [9.17, 15) is 10.5 Å². The average molecular weight is 725 g/mol. The first-order chi connectivity index (χ1) is 26.6. The number of nitrogens with one attached hydrogen (secondary N) is 1. The number of hydrogen-bond acceptors (Lipinski definition) is 6. The zero-order valence-corrected chi connectivity index (χ0v) is 30.4. The maximum absolute atomic E-state index is 9.95. The number of thiazole rings is 1. The second-order valence-corrected chi connectivity index (χ2v) is 15.5. The van der Waals surface area contributed by atoms with E-state index >= 15 is 0 Å². The van der Waals surface area contributed by atoms with Gasteiger partial charge in [0.15, 0.2) is 0 Å². The van der Waals surface area contributed by atoms with Gasteiger partial charge in [-0.2, -0.15) is 10.5 Å². The van der Waals surface area contributed by atoms with Gasteiger partial charge in [-0.25, -0.2) is 4.98 Å². The molecule has 0 saturated heterocycles. The molecule has 0 saturated carbocycles. The van der Waals surface area contributed by atoms with Gasteiger partial charge in [-0.05, 0) is 115 Å². The summed E-state index contributed by atoms with van der Waals surface area (Å²) in [5, 5.41) is 29.1. The van der Waals surface area contributed by atoms with Crippen molar-refractivity contribution in [1.82, 2.24) is 4.98 Å². The Bertz CT molecular complexity index is 3000. The highest BCUT2D eigenvalue weighted by Crippen LogP contribution is 2.49. The maximum Gasteiger partial charge on any atom is 0.125 e. The summed E-state index contributed by atoms with van der Waals surface area (Å²) < 4.78 is 1.17. The molecule has 1 unspecified atom stereocenters. The van der Waals surface area contributed by atoms with Crippen LogP contribution in [0.15, 0.2) is 163 Å². The first-order valence-electron chi connectivity index (χ1n) is 17.7. The van der Waals surface area contributed by atoms with E-state index in [0.29, 0.717) is 11.1 Å². The SMILES string of the molecule is N#Cc1ccc(-c2cc(-c3ccc(-c4nc5ccccc5s4)c4ccccc34)cc(-c3ccc(C4Nc5ccccc5S4)c4ccccc34)c2)cc1C#N. The van der Waals surface area contributed by atoms with Crippen molar-refractivity contribution in [2.24, 2.45) is 0 Å². The van der Waals surface area contributed by atoms with Crippen molar-refractivity contribution in [2.45, 2.75) is 10.3 Å². The third kappa shape index (κ3) is 5.40. The second-order valence-electron chi connectivity index (χ2n) is 13.4. The fourth-order valence-corrected chi connectivity index (χ4v) is 9.86. The van der Waals surface area contributed by atoms with Crippen LogP contribution in [0.1, 0.15) is 22.1 Å². The molecule has 1 aliphatic rings. The van der Waals surface area contributed by atoms with E-state index in [1.165, 1.54) is 31.6 Å². The lowest BCUT2D eigenvalue weighted by Crippen LogP contribution is -2.02. The van der Waals surface area contributed by atoms with Gasteiger partial charge in [-0.3, -0.25) is 0 Å². The van der Waals surface area contributed by atoms with Crippen LogP contribution in [-0.2, 0) is 0 Å². The quantitative estimate of drug-likeness (QED) is 0.191. The van der Waals surface area contributed by atoms with Crippen molar-refractivity contribution >= 4 is 60.5 Å². The van der Waals surface area contributed by atoms with Crippen LogP contribution < -0.4 is 5.32 Å². The van der Waals surface area contributed by atoms with E-state index in [2.05, 4.69) is 151 Å². The molecule has 6 heteroatoms. The molecular weight excluding hydrogens is 697 g/mol. The van der Waals surface area contributed by atoms with Gasteiger partial charge in [-0.1, -0.05) is 115 Å². The lowest BCUT2D eigenvalue weighted by atomic mass is 9.88. The van der Waals surface area contributed by atoms with Crippen molar-refractivity contribution < 1.29 is 0 Å². The first kappa shape index (κ1) is 32.0. The van der Waals surface area contributed by atoms with Gasteiger partial charge >= 0.3 is 0 Å². The monoisotopic (exact) mass is 724 g/mol. The highest BCUT2D eigenvalue weighted by atomic mass is 32.2. The van der Waals surface area contributed by atoms with Gasteiger partial charge in [0.05, 0.1) is 21.3 Å². The van der Waals surface area contributed by atoms with Crippen molar-refractivity contribution in [3.05, 3.63) is 174 Å². The third-order valence-corrected chi connectivity index (χ3v) is 12.5. The summed E-state index contributed by atoms with van der Waals surface area (Å²) in [6.07, 6.45) is 0. The Morgan fingerprint density at radius 1 is 0.519 bits per heavy atom. The Labute approximate surface area is 320 Å². The topological polar surface area (TPSA) is 72.5 Å². The molecule has 1 aliphatic heterocycles. The van der Waals surface area contributed by atoms with Crippen LogP contribution in [0, 0.1) is 22.7 Å². The number of nitrogens with zero attached hydrogens (tertiary/aromatic N) is 3. The van der Waals surface area contributed by atoms with Crippen LogP contribution in [0.3, 0.4) is 0 Å². The summed E-state index contributed by atoms with van der Waals surface area (Å²) in [7, 11) is 0. The van der Waals surface area contributed by atoms with Crippen LogP contribution in [0.25, 0.3) is 75.7 Å². The molecule has 252 valence electrons. The number of rotatable bonds is 5. The molecule has 2 heterocycles. The minimum atomic E-state index is 0.103. The van der Waals surface area contributed by atoms with Gasteiger partial charge in [-0.15, -0.1) is 11.3 Å². The maximum atomic E-state index is 9.95. The molecule has 0 bridgehead atoms. The van der Waals surface area contributed by atoms with Crippen molar-refractivity contribution in [3.8, 4) is 56.1 Å². The van der Waals surface area contributed by atoms with Crippen LogP contribution in [0.5, 0.6) is 0 Å². The molecule has 4 nitrogen and oxygen atoms in total. The molecule has 10 rings (SSSR count). The molecule has 0 fully saturated rings. The summed E-state index contributed by atoms with van der Waals surface area (Å²) in [6.45, 7) is 0. The van der Waals surface area contributed by atoms with Crippen LogP contribution >= 0.6 is 23.1 Å². The Morgan fingerprint density at radius 3 is 1.87 bits per heavy atom. The molecule has 0 amide bonds. The number of hydrogen-bond donors (Lipinski definition) is 1. The van der Waals surface area contributed by atoms with Crippen molar-refractivity contribution in [1.29, 1.82) is 10.5 Å². The summed E-state index contributed by atoms with van der Waals surface area (Å²) in [5.74, 6) is 0. The lowest BCUT2D eigenvalue weighted by Gasteiger charge is -2.18. The van der Waals surface area contributed by atoms with E-state index < -0.39 is 0 Å². The molecule has 1 N–H and O–H groups in total. The van der Waals surface area contributed by atoms with Crippen LogP contribution in [-0.4, -0.2) is 4.98 Å². The summed E-state index contributed by atoms with van der Waals surface area (Å²) >= 11 is 3.56. The summed E-state index contributed by atoms with van der Waals surface area (Å²) in [6, 6.07) is 59.5. The van der Waals surface area contributed by atoms with Gasteiger partial charge in [0.2, 0.25) is 0 Å². The van der Waals surface area contributed by atoms with E-state index in [4.69, 9.17) is 4.98 Å².